The molecule has 96 valence electrons. The fourth-order valence-electron chi connectivity index (χ4n) is 2.09. The average molecular weight is 244 g/mol. The van der Waals surface area contributed by atoms with E-state index in [1.54, 1.807) is 6.20 Å². The van der Waals surface area contributed by atoms with Gasteiger partial charge in [-0.2, -0.15) is 0 Å². The van der Waals surface area contributed by atoms with Crippen LogP contribution in [0.3, 0.4) is 0 Å². The van der Waals surface area contributed by atoms with Crippen LogP contribution in [0.1, 0.15) is 30.5 Å². The van der Waals surface area contributed by atoms with Crippen molar-refractivity contribution in [1.29, 1.82) is 0 Å². The van der Waals surface area contributed by atoms with E-state index in [1.807, 2.05) is 10.9 Å². The molecule has 0 saturated heterocycles. The molecule has 1 aromatic heterocycles. The fourth-order valence-corrected chi connectivity index (χ4v) is 2.09. The molecule has 0 aliphatic heterocycles. The van der Waals surface area contributed by atoms with Crippen LogP contribution in [0.2, 0.25) is 0 Å². The molecule has 1 atom stereocenters. The minimum absolute atomic E-state index is 0.391. The molecular formula is C14H20N4. The van der Waals surface area contributed by atoms with Crippen molar-refractivity contribution in [3.8, 4) is 0 Å². The van der Waals surface area contributed by atoms with Crippen LogP contribution in [-0.2, 0) is 6.54 Å². The number of hydrogen-bond donors (Lipinski definition) is 1. The highest BCUT2D eigenvalue weighted by molar-refractivity contribution is 5.28. The van der Waals surface area contributed by atoms with Gasteiger partial charge in [-0.15, -0.1) is 5.10 Å². The van der Waals surface area contributed by atoms with Gasteiger partial charge in [0.15, 0.2) is 0 Å². The van der Waals surface area contributed by atoms with Crippen molar-refractivity contribution in [2.24, 2.45) is 0 Å². The molecule has 1 aromatic carbocycles. The van der Waals surface area contributed by atoms with Crippen LogP contribution < -0.4 is 5.32 Å². The van der Waals surface area contributed by atoms with Crippen molar-refractivity contribution in [3.63, 3.8) is 0 Å². The second-order valence-corrected chi connectivity index (χ2v) is 4.55. The number of nitrogens with one attached hydrogen (secondary N) is 1. The maximum atomic E-state index is 3.94. The van der Waals surface area contributed by atoms with Crippen LogP contribution in [0.15, 0.2) is 36.7 Å². The molecule has 0 saturated carbocycles. The first-order valence-corrected chi connectivity index (χ1v) is 6.40. The Balaban J connectivity index is 1.75. The Kier molecular flexibility index (Phi) is 4.47. The van der Waals surface area contributed by atoms with Gasteiger partial charge in [-0.25, -0.2) is 0 Å². The predicted molar refractivity (Wildman–Crippen MR) is 72.2 cm³/mol. The minimum Gasteiger partial charge on any atom is -0.310 e. The molecule has 0 aliphatic carbocycles. The number of hydrogen-bond acceptors (Lipinski definition) is 3. The SMILES string of the molecule is Cc1ccccc1C(C)NCCCn1ccnn1. The summed E-state index contributed by atoms with van der Waals surface area (Å²) < 4.78 is 1.86. The molecule has 1 heterocycles. The Labute approximate surface area is 108 Å². The first-order valence-electron chi connectivity index (χ1n) is 6.40. The van der Waals surface area contributed by atoms with Crippen LogP contribution >= 0.6 is 0 Å². The van der Waals surface area contributed by atoms with E-state index in [4.69, 9.17) is 0 Å². The highest BCUT2D eigenvalue weighted by Gasteiger charge is 2.06. The van der Waals surface area contributed by atoms with Gasteiger partial charge in [-0.3, -0.25) is 4.68 Å². The summed E-state index contributed by atoms with van der Waals surface area (Å²) in [6.07, 6.45) is 4.66. The third-order valence-electron chi connectivity index (χ3n) is 3.14. The van der Waals surface area contributed by atoms with Crippen molar-refractivity contribution in [3.05, 3.63) is 47.8 Å². The Morgan fingerprint density at radius 2 is 2.17 bits per heavy atom. The van der Waals surface area contributed by atoms with Crippen molar-refractivity contribution in [2.75, 3.05) is 6.54 Å². The number of aryl methyl sites for hydroxylation is 2. The first kappa shape index (κ1) is 12.8. The zero-order valence-electron chi connectivity index (χ0n) is 11.0. The van der Waals surface area contributed by atoms with Crippen molar-refractivity contribution >= 4 is 0 Å². The summed E-state index contributed by atoms with van der Waals surface area (Å²) >= 11 is 0. The second-order valence-electron chi connectivity index (χ2n) is 4.55. The average Bonchev–Trinajstić information content (AvgIpc) is 2.88. The minimum atomic E-state index is 0.391. The molecule has 0 spiro atoms. The molecule has 4 nitrogen and oxygen atoms in total. The summed E-state index contributed by atoms with van der Waals surface area (Å²) in [5, 5.41) is 11.3. The van der Waals surface area contributed by atoms with E-state index in [-0.39, 0.29) is 0 Å². The predicted octanol–water partition coefficient (Wildman–Crippen LogP) is 2.33. The monoisotopic (exact) mass is 244 g/mol. The third-order valence-corrected chi connectivity index (χ3v) is 3.14. The Morgan fingerprint density at radius 1 is 1.33 bits per heavy atom. The number of nitrogens with zero attached hydrogens (tertiary/aromatic N) is 3. The Morgan fingerprint density at radius 3 is 2.89 bits per heavy atom. The van der Waals surface area contributed by atoms with Crippen molar-refractivity contribution < 1.29 is 0 Å². The van der Waals surface area contributed by atoms with E-state index >= 15 is 0 Å². The van der Waals surface area contributed by atoms with E-state index < -0.39 is 0 Å². The van der Waals surface area contributed by atoms with Crippen LogP contribution in [0.25, 0.3) is 0 Å². The fraction of sp³-hybridized carbons (Fsp3) is 0.429. The summed E-state index contributed by atoms with van der Waals surface area (Å²) in [6, 6.07) is 8.90. The molecule has 1 N–H and O–H groups in total. The van der Waals surface area contributed by atoms with Crippen molar-refractivity contribution in [2.45, 2.75) is 32.9 Å². The van der Waals surface area contributed by atoms with Gasteiger partial charge in [0.1, 0.15) is 0 Å². The molecule has 2 rings (SSSR count). The lowest BCUT2D eigenvalue weighted by molar-refractivity contribution is 0.498. The summed E-state index contributed by atoms with van der Waals surface area (Å²) in [7, 11) is 0. The third kappa shape index (κ3) is 3.40. The van der Waals surface area contributed by atoms with E-state index in [2.05, 4.69) is 53.7 Å². The molecule has 0 fully saturated rings. The summed E-state index contributed by atoms with van der Waals surface area (Å²) in [5.41, 5.74) is 2.71. The lowest BCUT2D eigenvalue weighted by Gasteiger charge is -2.16. The molecule has 0 aliphatic rings. The molecular weight excluding hydrogens is 224 g/mol. The van der Waals surface area contributed by atoms with Gasteiger partial charge in [0.2, 0.25) is 0 Å². The van der Waals surface area contributed by atoms with E-state index in [0.29, 0.717) is 6.04 Å². The van der Waals surface area contributed by atoms with E-state index in [1.165, 1.54) is 11.1 Å². The van der Waals surface area contributed by atoms with Crippen molar-refractivity contribution in [1.82, 2.24) is 20.3 Å². The van der Waals surface area contributed by atoms with Gasteiger partial charge in [-0.1, -0.05) is 29.5 Å². The Bertz CT molecular complexity index is 464. The largest absolute Gasteiger partial charge is 0.310 e. The second kappa shape index (κ2) is 6.31. The van der Waals surface area contributed by atoms with Gasteiger partial charge in [0.25, 0.3) is 0 Å². The maximum absolute atomic E-state index is 3.94. The van der Waals surface area contributed by atoms with Gasteiger partial charge in [0.05, 0.1) is 6.20 Å². The van der Waals surface area contributed by atoms with E-state index in [0.717, 1.165) is 19.5 Å². The summed E-state index contributed by atoms with van der Waals surface area (Å²) in [5.74, 6) is 0. The summed E-state index contributed by atoms with van der Waals surface area (Å²) in [4.78, 5) is 0. The van der Waals surface area contributed by atoms with Crippen LogP contribution in [0.5, 0.6) is 0 Å². The normalized spacial score (nSPS) is 12.6. The number of rotatable bonds is 6. The topological polar surface area (TPSA) is 42.7 Å². The molecule has 1 unspecified atom stereocenters. The standard InChI is InChI=1S/C14H20N4/c1-12-6-3-4-7-14(12)13(2)15-8-5-10-18-11-9-16-17-18/h3-4,6-7,9,11,13,15H,5,8,10H2,1-2H3. The number of aromatic nitrogens is 3. The number of benzene rings is 1. The van der Waals surface area contributed by atoms with Gasteiger partial charge < -0.3 is 5.32 Å². The zero-order valence-corrected chi connectivity index (χ0v) is 11.0. The maximum Gasteiger partial charge on any atom is 0.0692 e. The van der Waals surface area contributed by atoms with Gasteiger partial charge in [0, 0.05) is 18.8 Å². The highest BCUT2D eigenvalue weighted by atomic mass is 15.4. The molecule has 2 aromatic rings. The lowest BCUT2D eigenvalue weighted by atomic mass is 10.0. The highest BCUT2D eigenvalue weighted by Crippen LogP contribution is 2.16. The molecule has 0 amide bonds. The molecule has 4 heteroatoms. The van der Waals surface area contributed by atoms with Crippen LogP contribution in [0, 0.1) is 6.92 Å². The van der Waals surface area contributed by atoms with Crippen LogP contribution in [-0.4, -0.2) is 21.5 Å². The molecule has 0 radical (unpaired) electrons. The molecule has 0 bridgehead atoms. The smallest absolute Gasteiger partial charge is 0.0692 e. The van der Waals surface area contributed by atoms with Gasteiger partial charge in [-0.05, 0) is 37.9 Å². The zero-order chi connectivity index (χ0) is 12.8. The lowest BCUT2D eigenvalue weighted by Crippen LogP contribution is -2.21. The quantitative estimate of drug-likeness (QED) is 0.793. The first-order chi connectivity index (χ1) is 8.77. The van der Waals surface area contributed by atoms with E-state index in [9.17, 15) is 0 Å². The van der Waals surface area contributed by atoms with Crippen LogP contribution in [0.4, 0.5) is 0 Å². The van der Waals surface area contributed by atoms with Gasteiger partial charge >= 0.3 is 0 Å². The summed E-state index contributed by atoms with van der Waals surface area (Å²) in [6.45, 7) is 6.25. The molecule has 18 heavy (non-hydrogen) atoms. The Hall–Kier alpha value is -1.68.